The Kier molecular flexibility index (Phi) is 3.79. The Hall–Kier alpha value is -2.82. The average Bonchev–Trinajstić information content (AvgIpc) is 2.77. The van der Waals surface area contributed by atoms with E-state index in [4.69, 9.17) is 0 Å². The van der Waals surface area contributed by atoms with Gasteiger partial charge in [-0.05, 0) is 44.0 Å². The first kappa shape index (κ1) is 16.1. The third-order valence-corrected chi connectivity index (χ3v) is 4.40. The van der Waals surface area contributed by atoms with Crippen LogP contribution in [0.15, 0.2) is 48.2 Å². The lowest BCUT2D eigenvalue weighted by Gasteiger charge is -2.20. The fourth-order valence-corrected chi connectivity index (χ4v) is 2.98. The minimum Gasteiger partial charge on any atom is -0.273 e. The zero-order chi connectivity index (χ0) is 17.5. The first-order valence-electron chi connectivity index (χ1n) is 7.77. The van der Waals surface area contributed by atoms with Gasteiger partial charge < -0.3 is 0 Å². The third kappa shape index (κ3) is 2.33. The van der Waals surface area contributed by atoms with Gasteiger partial charge in [0.1, 0.15) is 11.7 Å². The van der Waals surface area contributed by atoms with E-state index in [0.29, 0.717) is 5.84 Å². The molecule has 0 spiro atoms. The summed E-state index contributed by atoms with van der Waals surface area (Å²) in [6.45, 7) is 9.49. The van der Waals surface area contributed by atoms with Gasteiger partial charge in [0.2, 0.25) is 5.91 Å². The van der Waals surface area contributed by atoms with E-state index in [1.807, 2.05) is 39.0 Å². The average molecular weight is 320 g/mol. The van der Waals surface area contributed by atoms with Gasteiger partial charge in [0.05, 0.1) is 11.1 Å². The van der Waals surface area contributed by atoms with Crippen molar-refractivity contribution in [1.29, 1.82) is 0 Å². The molecule has 24 heavy (non-hydrogen) atoms. The van der Waals surface area contributed by atoms with Crippen molar-refractivity contribution in [1.82, 2.24) is 9.97 Å². The maximum absolute atomic E-state index is 12.9. The van der Waals surface area contributed by atoms with Gasteiger partial charge >= 0.3 is 0 Å². The van der Waals surface area contributed by atoms with Crippen LogP contribution in [-0.2, 0) is 10.2 Å². The number of hydrogen-bond acceptors (Lipinski definition) is 4. The minimum absolute atomic E-state index is 0.00435. The summed E-state index contributed by atoms with van der Waals surface area (Å²) in [5.74, 6) is 1.27. The van der Waals surface area contributed by atoms with Crippen LogP contribution >= 0.6 is 0 Å². The zero-order valence-corrected chi connectivity index (χ0v) is 14.4. The SMILES string of the molecule is C=C/C(=N\C)N1C(=O)C(C)(C)c2ccc(-c3cnc(C)nc3)cc21. The summed E-state index contributed by atoms with van der Waals surface area (Å²) in [5.41, 5.74) is 3.09. The van der Waals surface area contributed by atoms with Crippen molar-refractivity contribution in [2.75, 3.05) is 11.9 Å². The maximum atomic E-state index is 12.9. The summed E-state index contributed by atoms with van der Waals surface area (Å²) in [5, 5.41) is 0. The summed E-state index contributed by atoms with van der Waals surface area (Å²) in [6, 6.07) is 5.99. The van der Waals surface area contributed by atoms with Crippen LogP contribution in [0.4, 0.5) is 5.69 Å². The lowest BCUT2D eigenvalue weighted by atomic mass is 9.85. The predicted molar refractivity (Wildman–Crippen MR) is 96.3 cm³/mol. The molecule has 0 atom stereocenters. The lowest BCUT2D eigenvalue weighted by molar-refractivity contribution is -0.121. The summed E-state index contributed by atoms with van der Waals surface area (Å²) in [6.07, 6.45) is 5.18. The van der Waals surface area contributed by atoms with Crippen LogP contribution in [0.1, 0.15) is 25.2 Å². The topological polar surface area (TPSA) is 58.5 Å². The van der Waals surface area contributed by atoms with E-state index in [-0.39, 0.29) is 5.91 Å². The Morgan fingerprint density at radius 2 is 1.92 bits per heavy atom. The number of amidine groups is 1. The van der Waals surface area contributed by atoms with Crippen molar-refractivity contribution in [2.24, 2.45) is 4.99 Å². The van der Waals surface area contributed by atoms with Crippen LogP contribution < -0.4 is 4.90 Å². The van der Waals surface area contributed by atoms with E-state index in [9.17, 15) is 4.79 Å². The molecule has 1 aromatic heterocycles. The molecule has 2 heterocycles. The smallest absolute Gasteiger partial charge is 0.242 e. The highest BCUT2D eigenvalue weighted by molar-refractivity contribution is 6.27. The van der Waals surface area contributed by atoms with Gasteiger partial charge in [0, 0.05) is 25.0 Å². The molecule has 1 aliphatic heterocycles. The van der Waals surface area contributed by atoms with Crippen molar-refractivity contribution < 1.29 is 4.79 Å². The number of aliphatic imine (C=N–C) groups is 1. The van der Waals surface area contributed by atoms with Gasteiger partial charge in [-0.1, -0.05) is 18.7 Å². The summed E-state index contributed by atoms with van der Waals surface area (Å²) in [4.78, 5) is 27.2. The molecule has 0 unspecified atom stereocenters. The fraction of sp³-hybridized carbons (Fsp3) is 0.263. The molecule has 122 valence electrons. The highest BCUT2D eigenvalue weighted by Crippen LogP contribution is 2.43. The molecule has 1 amide bonds. The predicted octanol–water partition coefficient (Wildman–Crippen LogP) is 3.29. The van der Waals surface area contributed by atoms with Crippen LogP contribution in [0.2, 0.25) is 0 Å². The number of hydrogen-bond donors (Lipinski definition) is 0. The number of aryl methyl sites for hydroxylation is 1. The molecular formula is C19H20N4O. The number of carbonyl (C=O) groups excluding carboxylic acids is 1. The molecule has 5 heteroatoms. The third-order valence-electron chi connectivity index (χ3n) is 4.40. The van der Waals surface area contributed by atoms with Crippen LogP contribution in [0.25, 0.3) is 11.1 Å². The molecule has 0 fully saturated rings. The van der Waals surface area contributed by atoms with E-state index in [0.717, 1.165) is 28.2 Å². The second-order valence-corrected chi connectivity index (χ2v) is 6.30. The van der Waals surface area contributed by atoms with Crippen LogP contribution in [0.3, 0.4) is 0 Å². The van der Waals surface area contributed by atoms with Gasteiger partial charge in [0.15, 0.2) is 0 Å². The van der Waals surface area contributed by atoms with Gasteiger partial charge in [-0.25, -0.2) is 9.97 Å². The standard InChI is InChI=1S/C19H20N4O/c1-6-17(20-5)23-16-9-13(14-10-21-12(2)22-11-14)7-8-15(16)19(3,4)18(23)24/h6-11H,1H2,2-5H3/b20-17+. The molecule has 1 aromatic carbocycles. The number of carbonyl (C=O) groups is 1. The summed E-state index contributed by atoms with van der Waals surface area (Å²) < 4.78 is 0. The van der Waals surface area contributed by atoms with Crippen molar-refractivity contribution >= 4 is 17.4 Å². The molecule has 0 N–H and O–H groups in total. The molecule has 0 radical (unpaired) electrons. The number of rotatable bonds is 2. The molecule has 0 saturated heterocycles. The molecule has 2 aromatic rings. The number of benzene rings is 1. The van der Waals surface area contributed by atoms with E-state index < -0.39 is 5.41 Å². The summed E-state index contributed by atoms with van der Waals surface area (Å²) in [7, 11) is 1.66. The zero-order valence-electron chi connectivity index (χ0n) is 14.4. The molecule has 0 aliphatic carbocycles. The lowest BCUT2D eigenvalue weighted by Crippen LogP contribution is -2.39. The van der Waals surface area contributed by atoms with Crippen molar-refractivity contribution in [3.8, 4) is 11.1 Å². The molecule has 3 rings (SSSR count). The Balaban J connectivity index is 2.18. The van der Waals surface area contributed by atoms with E-state index in [1.165, 1.54) is 0 Å². The quantitative estimate of drug-likeness (QED) is 0.630. The largest absolute Gasteiger partial charge is 0.273 e. The molecule has 5 nitrogen and oxygen atoms in total. The minimum atomic E-state index is -0.601. The van der Waals surface area contributed by atoms with E-state index in [1.54, 1.807) is 30.4 Å². The highest BCUT2D eigenvalue weighted by Gasteiger charge is 2.45. The molecule has 1 aliphatic rings. The molecule has 0 bridgehead atoms. The monoisotopic (exact) mass is 320 g/mol. The number of fused-ring (bicyclic) bond motifs is 1. The molecular weight excluding hydrogens is 300 g/mol. The van der Waals surface area contributed by atoms with Gasteiger partial charge in [-0.3, -0.25) is 14.7 Å². The maximum Gasteiger partial charge on any atom is 0.242 e. The normalized spacial score (nSPS) is 16.2. The number of aromatic nitrogens is 2. The first-order chi connectivity index (χ1) is 11.4. The second kappa shape index (κ2) is 5.67. The summed E-state index contributed by atoms with van der Waals surface area (Å²) >= 11 is 0. The fourth-order valence-electron chi connectivity index (χ4n) is 2.98. The van der Waals surface area contributed by atoms with Gasteiger partial charge in [-0.15, -0.1) is 0 Å². The Morgan fingerprint density at radius 1 is 1.25 bits per heavy atom. The highest BCUT2D eigenvalue weighted by atomic mass is 16.2. The van der Waals surface area contributed by atoms with Crippen molar-refractivity contribution in [2.45, 2.75) is 26.2 Å². The Morgan fingerprint density at radius 3 is 2.50 bits per heavy atom. The second-order valence-electron chi connectivity index (χ2n) is 6.30. The van der Waals surface area contributed by atoms with E-state index in [2.05, 4.69) is 21.5 Å². The van der Waals surface area contributed by atoms with Crippen LogP contribution in [0.5, 0.6) is 0 Å². The molecule has 0 saturated carbocycles. The number of nitrogens with zero attached hydrogens (tertiary/aromatic N) is 4. The van der Waals surface area contributed by atoms with Gasteiger partial charge in [0.25, 0.3) is 0 Å². The van der Waals surface area contributed by atoms with Crippen LogP contribution in [-0.4, -0.2) is 28.8 Å². The number of anilines is 1. The van der Waals surface area contributed by atoms with Crippen molar-refractivity contribution in [3.63, 3.8) is 0 Å². The van der Waals surface area contributed by atoms with E-state index >= 15 is 0 Å². The van der Waals surface area contributed by atoms with Crippen molar-refractivity contribution in [3.05, 3.63) is 54.6 Å². The van der Waals surface area contributed by atoms with Gasteiger partial charge in [-0.2, -0.15) is 0 Å². The van der Waals surface area contributed by atoms with Crippen LogP contribution in [0, 0.1) is 6.92 Å². The number of amides is 1. The Labute approximate surface area is 141 Å². The Bertz CT molecular complexity index is 850. The first-order valence-corrected chi connectivity index (χ1v) is 7.77.